The molecule has 1 saturated carbocycles. The lowest BCUT2D eigenvalue weighted by Gasteiger charge is -2.30. The zero-order chi connectivity index (χ0) is 18.7. The summed E-state index contributed by atoms with van der Waals surface area (Å²) in [6, 6.07) is 8.54. The molecule has 0 amide bonds. The number of rotatable bonds is 8. The summed E-state index contributed by atoms with van der Waals surface area (Å²) in [5.74, 6) is -4.12. The molecule has 1 aromatic rings. The summed E-state index contributed by atoms with van der Waals surface area (Å²) in [6.07, 6.45) is 0.00999. The minimum Gasteiger partial charge on any atom is -0.480 e. The monoisotopic (exact) mass is 348 g/mol. The molecule has 25 heavy (non-hydrogen) atoms. The van der Waals surface area contributed by atoms with Crippen LogP contribution in [0.15, 0.2) is 30.3 Å². The minimum absolute atomic E-state index is 0.00965. The maximum absolute atomic E-state index is 12.5. The van der Waals surface area contributed by atoms with Crippen molar-refractivity contribution in [2.45, 2.75) is 38.7 Å². The van der Waals surface area contributed by atoms with Crippen molar-refractivity contribution in [1.82, 2.24) is 0 Å². The summed E-state index contributed by atoms with van der Waals surface area (Å²) < 4.78 is 10.2. The number of benzene rings is 1. The van der Waals surface area contributed by atoms with Gasteiger partial charge in [-0.05, 0) is 32.3 Å². The molecule has 1 aliphatic carbocycles. The van der Waals surface area contributed by atoms with E-state index in [1.165, 1.54) is 0 Å². The topological polar surface area (TPSA) is 107 Å². The highest BCUT2D eigenvalue weighted by atomic mass is 16.6. The van der Waals surface area contributed by atoms with Crippen molar-refractivity contribution >= 4 is 23.7 Å². The van der Waals surface area contributed by atoms with E-state index >= 15 is 0 Å². The quantitative estimate of drug-likeness (QED) is 0.561. The van der Waals surface area contributed by atoms with E-state index in [1.54, 1.807) is 37.3 Å². The van der Waals surface area contributed by atoms with Crippen LogP contribution < -0.4 is 0 Å². The van der Waals surface area contributed by atoms with Crippen LogP contribution >= 0.6 is 0 Å². The van der Waals surface area contributed by atoms with Crippen molar-refractivity contribution in [3.05, 3.63) is 35.9 Å². The van der Waals surface area contributed by atoms with Crippen LogP contribution in [0.1, 0.15) is 32.3 Å². The maximum atomic E-state index is 12.5. The Morgan fingerprint density at radius 2 is 1.76 bits per heavy atom. The van der Waals surface area contributed by atoms with Crippen LogP contribution in [-0.2, 0) is 35.1 Å². The predicted molar refractivity (Wildman–Crippen MR) is 85.6 cm³/mol. The molecule has 134 valence electrons. The molecule has 0 aliphatic heterocycles. The summed E-state index contributed by atoms with van der Waals surface area (Å²) in [5, 5.41) is 9.24. The van der Waals surface area contributed by atoms with Crippen LogP contribution in [0, 0.1) is 5.41 Å². The second-order valence-corrected chi connectivity index (χ2v) is 6.04. The average Bonchev–Trinajstić information content (AvgIpc) is 3.37. The van der Waals surface area contributed by atoms with E-state index in [-0.39, 0.29) is 25.9 Å². The van der Waals surface area contributed by atoms with E-state index in [2.05, 4.69) is 0 Å². The van der Waals surface area contributed by atoms with Crippen molar-refractivity contribution in [3.8, 4) is 0 Å². The third kappa shape index (κ3) is 3.55. The summed E-state index contributed by atoms with van der Waals surface area (Å²) >= 11 is 0. The molecule has 1 atom stereocenters. The number of ketones is 1. The van der Waals surface area contributed by atoms with E-state index < -0.39 is 34.7 Å². The summed E-state index contributed by atoms with van der Waals surface area (Å²) in [4.78, 5) is 48.6. The van der Waals surface area contributed by atoms with Crippen LogP contribution in [-0.4, -0.2) is 41.0 Å². The van der Waals surface area contributed by atoms with Crippen LogP contribution in [0.3, 0.4) is 0 Å². The van der Waals surface area contributed by atoms with Gasteiger partial charge in [0, 0.05) is 6.42 Å². The molecule has 0 heterocycles. The fraction of sp³-hybridized carbons (Fsp3) is 0.444. The predicted octanol–water partition coefficient (Wildman–Crippen LogP) is 1.53. The molecule has 7 heteroatoms. The van der Waals surface area contributed by atoms with Gasteiger partial charge in [0.1, 0.15) is 0 Å². The highest BCUT2D eigenvalue weighted by molar-refractivity contribution is 6.10. The molecule has 2 rings (SSSR count). The Kier molecular flexibility index (Phi) is 5.25. The van der Waals surface area contributed by atoms with Gasteiger partial charge in [0.2, 0.25) is 0 Å². The first-order valence-corrected chi connectivity index (χ1v) is 7.97. The van der Waals surface area contributed by atoms with Crippen molar-refractivity contribution in [2.75, 3.05) is 6.61 Å². The Morgan fingerprint density at radius 3 is 2.20 bits per heavy atom. The minimum atomic E-state index is -2.19. The lowest BCUT2D eigenvalue weighted by atomic mass is 9.90. The lowest BCUT2D eigenvalue weighted by Crippen LogP contribution is -2.53. The third-order valence-electron chi connectivity index (χ3n) is 4.29. The average molecular weight is 348 g/mol. The lowest BCUT2D eigenvalue weighted by molar-refractivity contribution is -0.190. The number of Topliss-reactive ketones (excluding diaryl/α,β-unsaturated/α-hetero) is 1. The summed E-state index contributed by atoms with van der Waals surface area (Å²) in [7, 11) is 0. The van der Waals surface area contributed by atoms with Gasteiger partial charge in [-0.3, -0.25) is 14.4 Å². The van der Waals surface area contributed by atoms with Crippen molar-refractivity contribution < 1.29 is 33.8 Å². The van der Waals surface area contributed by atoms with Gasteiger partial charge in [0.25, 0.3) is 5.60 Å². The van der Waals surface area contributed by atoms with Crippen molar-refractivity contribution in [1.29, 1.82) is 0 Å². The van der Waals surface area contributed by atoms with Crippen LogP contribution in [0.5, 0.6) is 0 Å². The molecule has 0 radical (unpaired) electrons. The fourth-order valence-electron chi connectivity index (χ4n) is 2.51. The van der Waals surface area contributed by atoms with Gasteiger partial charge in [-0.25, -0.2) is 4.79 Å². The van der Waals surface area contributed by atoms with Gasteiger partial charge < -0.3 is 14.6 Å². The summed E-state index contributed by atoms with van der Waals surface area (Å²) in [5.41, 5.74) is -3.29. The van der Waals surface area contributed by atoms with Crippen molar-refractivity contribution in [3.63, 3.8) is 0 Å². The van der Waals surface area contributed by atoms with Crippen LogP contribution in [0.2, 0.25) is 0 Å². The number of hydrogen-bond acceptors (Lipinski definition) is 6. The van der Waals surface area contributed by atoms with Gasteiger partial charge in [-0.2, -0.15) is 0 Å². The molecule has 1 unspecified atom stereocenters. The first-order valence-electron chi connectivity index (χ1n) is 7.97. The van der Waals surface area contributed by atoms with E-state index in [0.29, 0.717) is 5.56 Å². The second-order valence-electron chi connectivity index (χ2n) is 6.04. The molecule has 0 saturated heterocycles. The molecule has 1 fully saturated rings. The highest BCUT2D eigenvalue weighted by Crippen LogP contribution is 2.48. The molecule has 0 bridgehead atoms. The molecule has 7 nitrogen and oxygen atoms in total. The number of carboxylic acid groups (broad SMARTS) is 1. The number of esters is 2. The number of carbonyl (C=O) groups excluding carboxylic acids is 3. The van der Waals surface area contributed by atoms with Gasteiger partial charge in [-0.15, -0.1) is 0 Å². The Labute approximate surface area is 144 Å². The Bertz CT molecular complexity index is 691. The molecule has 1 aliphatic rings. The van der Waals surface area contributed by atoms with E-state index in [0.717, 1.165) is 6.92 Å². The SMILES string of the molecule is CCOC(=O)C(Cc1ccccc1)(OC(=O)C1(C(=O)O)CC1)C(C)=O. The molecule has 0 aromatic heterocycles. The fourth-order valence-corrected chi connectivity index (χ4v) is 2.51. The third-order valence-corrected chi connectivity index (χ3v) is 4.29. The Hall–Kier alpha value is -2.70. The molecule has 1 aromatic carbocycles. The molecular formula is C18H20O7. The summed E-state index contributed by atoms with van der Waals surface area (Å²) in [6.45, 7) is 2.67. The van der Waals surface area contributed by atoms with E-state index in [4.69, 9.17) is 9.47 Å². The number of carboxylic acids is 1. The van der Waals surface area contributed by atoms with Gasteiger partial charge >= 0.3 is 17.9 Å². The maximum Gasteiger partial charge on any atom is 0.358 e. The first kappa shape index (κ1) is 18.6. The second kappa shape index (κ2) is 7.04. The van der Waals surface area contributed by atoms with Crippen molar-refractivity contribution in [2.24, 2.45) is 5.41 Å². The molecular weight excluding hydrogens is 328 g/mol. The molecule has 1 N–H and O–H groups in total. The van der Waals surface area contributed by atoms with Gasteiger partial charge in [0.05, 0.1) is 6.61 Å². The van der Waals surface area contributed by atoms with E-state index in [1.807, 2.05) is 0 Å². The van der Waals surface area contributed by atoms with Crippen LogP contribution in [0.25, 0.3) is 0 Å². The Morgan fingerprint density at radius 1 is 1.16 bits per heavy atom. The Balaban J connectivity index is 2.39. The van der Waals surface area contributed by atoms with Gasteiger partial charge in [-0.1, -0.05) is 30.3 Å². The largest absolute Gasteiger partial charge is 0.480 e. The zero-order valence-corrected chi connectivity index (χ0v) is 14.1. The van der Waals surface area contributed by atoms with E-state index in [9.17, 15) is 24.3 Å². The standard InChI is InChI=1S/C18H20O7/c1-3-24-16(23)18(12(2)19,11-13-7-5-4-6-8-13)25-15(22)17(9-10-17)14(20)21/h4-8H,3,9-11H2,1-2H3,(H,20,21). The number of carbonyl (C=O) groups is 4. The zero-order valence-electron chi connectivity index (χ0n) is 14.1. The molecule has 0 spiro atoms. The smallest absolute Gasteiger partial charge is 0.358 e. The van der Waals surface area contributed by atoms with Gasteiger partial charge in [0.15, 0.2) is 11.2 Å². The first-order chi connectivity index (χ1) is 11.8. The normalized spacial score (nSPS) is 17.0. The highest BCUT2D eigenvalue weighted by Gasteiger charge is 2.62. The number of hydrogen-bond donors (Lipinski definition) is 1. The number of aliphatic carboxylic acids is 1. The number of ether oxygens (including phenoxy) is 2. The van der Waals surface area contributed by atoms with Crippen LogP contribution in [0.4, 0.5) is 0 Å².